The van der Waals surface area contributed by atoms with Crippen molar-refractivity contribution in [2.75, 3.05) is 12.3 Å². The molecule has 2 aromatic carbocycles. The van der Waals surface area contributed by atoms with Crippen LogP contribution in [0.2, 0.25) is 5.02 Å². The van der Waals surface area contributed by atoms with E-state index in [1.165, 1.54) is 25.1 Å². The highest BCUT2D eigenvalue weighted by Crippen LogP contribution is 2.20. The Labute approximate surface area is 158 Å². The minimum Gasteiger partial charge on any atom is -0.449 e. The topological polar surface area (TPSA) is 81.4 Å². The molecule has 2 aromatic rings. The maximum atomic E-state index is 12.2. The molecular weight excluding hydrogens is 352 g/mol. The van der Waals surface area contributed by atoms with Crippen LogP contribution in [0.5, 0.6) is 0 Å². The molecule has 0 bridgehead atoms. The molecule has 26 heavy (non-hydrogen) atoms. The lowest BCUT2D eigenvalue weighted by Gasteiger charge is -2.18. The molecule has 2 rings (SSSR count). The lowest BCUT2D eigenvalue weighted by molar-refractivity contribution is -0.129. The summed E-state index contributed by atoms with van der Waals surface area (Å²) in [5, 5.41) is 3.21. The van der Waals surface area contributed by atoms with Crippen LogP contribution in [0.15, 0.2) is 48.5 Å². The van der Waals surface area contributed by atoms with Crippen LogP contribution in [0.4, 0.5) is 5.69 Å². The molecule has 0 aromatic heterocycles. The van der Waals surface area contributed by atoms with E-state index in [1.54, 1.807) is 0 Å². The standard InChI is InChI=1S/C20H23ClN2O3/c1-3-14(15-7-5-4-6-8-15)12-23-19(24)13(2)26-20(25)16-9-10-17(21)18(22)11-16/h4-11,13-14H,3,12,22H2,1-2H3,(H,23,24)/t13-,14+/m0/s1. The van der Waals surface area contributed by atoms with Gasteiger partial charge in [0.15, 0.2) is 6.10 Å². The number of nitrogen functional groups attached to an aromatic ring is 1. The molecule has 0 aliphatic rings. The van der Waals surface area contributed by atoms with Crippen LogP contribution in [0.1, 0.15) is 42.1 Å². The maximum Gasteiger partial charge on any atom is 0.338 e. The number of carbonyl (C=O) groups is 2. The number of halogens is 1. The molecule has 3 N–H and O–H groups in total. The number of benzene rings is 2. The molecule has 0 saturated heterocycles. The number of ether oxygens (including phenoxy) is 1. The fraction of sp³-hybridized carbons (Fsp3) is 0.300. The molecule has 0 saturated carbocycles. The van der Waals surface area contributed by atoms with Gasteiger partial charge in [0.05, 0.1) is 16.3 Å². The molecule has 0 radical (unpaired) electrons. The van der Waals surface area contributed by atoms with E-state index in [-0.39, 0.29) is 23.1 Å². The van der Waals surface area contributed by atoms with Gasteiger partial charge in [0, 0.05) is 12.5 Å². The zero-order chi connectivity index (χ0) is 19.1. The summed E-state index contributed by atoms with van der Waals surface area (Å²) in [4.78, 5) is 24.4. The van der Waals surface area contributed by atoms with Gasteiger partial charge in [-0.25, -0.2) is 4.79 Å². The zero-order valence-corrected chi connectivity index (χ0v) is 15.6. The molecule has 0 heterocycles. The molecule has 6 heteroatoms. The van der Waals surface area contributed by atoms with Crippen LogP contribution >= 0.6 is 11.6 Å². The van der Waals surface area contributed by atoms with E-state index in [9.17, 15) is 9.59 Å². The smallest absolute Gasteiger partial charge is 0.338 e. The summed E-state index contributed by atoms with van der Waals surface area (Å²) in [5.41, 5.74) is 7.38. The second-order valence-electron chi connectivity index (χ2n) is 6.04. The van der Waals surface area contributed by atoms with E-state index in [0.717, 1.165) is 12.0 Å². The van der Waals surface area contributed by atoms with Gasteiger partial charge in [-0.15, -0.1) is 0 Å². The van der Waals surface area contributed by atoms with Crippen molar-refractivity contribution in [3.05, 3.63) is 64.7 Å². The molecule has 0 fully saturated rings. The van der Waals surface area contributed by atoms with E-state index in [1.807, 2.05) is 30.3 Å². The lowest BCUT2D eigenvalue weighted by Crippen LogP contribution is -2.38. The number of hydrogen-bond acceptors (Lipinski definition) is 4. The Morgan fingerprint density at radius 1 is 1.19 bits per heavy atom. The first kappa shape index (κ1) is 19.8. The van der Waals surface area contributed by atoms with Gasteiger partial charge in [-0.1, -0.05) is 48.9 Å². The maximum absolute atomic E-state index is 12.2. The Morgan fingerprint density at radius 2 is 1.88 bits per heavy atom. The Morgan fingerprint density at radius 3 is 2.50 bits per heavy atom. The molecular formula is C20H23ClN2O3. The Balaban J connectivity index is 1.90. The zero-order valence-electron chi connectivity index (χ0n) is 14.9. The number of carbonyl (C=O) groups excluding carboxylic acids is 2. The first-order valence-corrected chi connectivity index (χ1v) is 8.88. The number of amides is 1. The van der Waals surface area contributed by atoms with E-state index >= 15 is 0 Å². The Kier molecular flexibility index (Phi) is 7.04. The average Bonchev–Trinajstić information content (AvgIpc) is 2.65. The van der Waals surface area contributed by atoms with Crippen molar-refractivity contribution in [1.82, 2.24) is 5.32 Å². The number of anilines is 1. The van der Waals surface area contributed by atoms with Crippen molar-refractivity contribution in [3.8, 4) is 0 Å². The molecule has 138 valence electrons. The predicted molar refractivity (Wildman–Crippen MR) is 103 cm³/mol. The van der Waals surface area contributed by atoms with Crippen LogP contribution in [-0.4, -0.2) is 24.5 Å². The van der Waals surface area contributed by atoms with Gasteiger partial charge in [0.2, 0.25) is 0 Å². The first-order chi connectivity index (χ1) is 12.4. The predicted octanol–water partition coefficient (Wildman–Crippen LogP) is 3.78. The molecule has 0 spiro atoms. The summed E-state index contributed by atoms with van der Waals surface area (Å²) in [6, 6.07) is 14.4. The summed E-state index contributed by atoms with van der Waals surface area (Å²) < 4.78 is 5.22. The van der Waals surface area contributed by atoms with Crippen molar-refractivity contribution >= 4 is 29.2 Å². The second-order valence-corrected chi connectivity index (χ2v) is 6.45. The summed E-state index contributed by atoms with van der Waals surface area (Å²) >= 11 is 5.84. The SMILES string of the molecule is CC[C@H](CNC(=O)[C@H](C)OC(=O)c1ccc(Cl)c(N)c1)c1ccccc1. The van der Waals surface area contributed by atoms with E-state index in [2.05, 4.69) is 12.2 Å². The second kappa shape index (κ2) is 9.25. The minimum absolute atomic E-state index is 0.208. The molecule has 0 aliphatic carbocycles. The third-order valence-electron chi connectivity index (χ3n) is 4.17. The fourth-order valence-corrected chi connectivity index (χ4v) is 2.66. The Hall–Kier alpha value is -2.53. The normalized spacial score (nSPS) is 12.9. The summed E-state index contributed by atoms with van der Waals surface area (Å²) in [6.07, 6.45) is -0.0182. The number of hydrogen-bond donors (Lipinski definition) is 2. The van der Waals surface area contributed by atoms with Gasteiger partial charge in [0.25, 0.3) is 5.91 Å². The summed E-state index contributed by atoms with van der Waals surface area (Å²) in [6.45, 7) is 4.09. The molecule has 0 aliphatic heterocycles. The van der Waals surface area contributed by atoms with Crippen molar-refractivity contribution < 1.29 is 14.3 Å². The van der Waals surface area contributed by atoms with Gasteiger partial charge in [-0.2, -0.15) is 0 Å². The molecule has 0 unspecified atom stereocenters. The molecule has 5 nitrogen and oxygen atoms in total. The highest BCUT2D eigenvalue weighted by Gasteiger charge is 2.20. The van der Waals surface area contributed by atoms with Crippen molar-refractivity contribution in [1.29, 1.82) is 0 Å². The largest absolute Gasteiger partial charge is 0.449 e. The monoisotopic (exact) mass is 374 g/mol. The highest BCUT2D eigenvalue weighted by molar-refractivity contribution is 6.33. The third kappa shape index (κ3) is 5.23. The van der Waals surface area contributed by atoms with Crippen LogP contribution in [0.25, 0.3) is 0 Å². The van der Waals surface area contributed by atoms with Crippen LogP contribution in [0.3, 0.4) is 0 Å². The van der Waals surface area contributed by atoms with Crippen LogP contribution in [-0.2, 0) is 9.53 Å². The number of nitrogens with two attached hydrogens (primary N) is 1. The van der Waals surface area contributed by atoms with E-state index < -0.39 is 12.1 Å². The quantitative estimate of drug-likeness (QED) is 0.570. The van der Waals surface area contributed by atoms with Gasteiger partial charge in [-0.3, -0.25) is 4.79 Å². The third-order valence-corrected chi connectivity index (χ3v) is 4.52. The number of rotatable bonds is 7. The minimum atomic E-state index is -0.910. The Bertz CT molecular complexity index is 765. The van der Waals surface area contributed by atoms with E-state index in [4.69, 9.17) is 22.1 Å². The lowest BCUT2D eigenvalue weighted by atomic mass is 9.96. The van der Waals surface area contributed by atoms with Crippen LogP contribution < -0.4 is 11.1 Å². The van der Waals surface area contributed by atoms with Crippen LogP contribution in [0, 0.1) is 0 Å². The van der Waals surface area contributed by atoms with Crippen molar-refractivity contribution in [2.45, 2.75) is 32.3 Å². The average molecular weight is 375 g/mol. The van der Waals surface area contributed by atoms with Crippen molar-refractivity contribution in [2.24, 2.45) is 0 Å². The van der Waals surface area contributed by atoms with Gasteiger partial charge < -0.3 is 15.8 Å². The summed E-state index contributed by atoms with van der Waals surface area (Å²) in [5.74, 6) is -0.750. The fourth-order valence-electron chi connectivity index (χ4n) is 2.54. The number of nitrogens with one attached hydrogen (secondary N) is 1. The molecule has 2 atom stereocenters. The van der Waals surface area contributed by atoms with Crippen molar-refractivity contribution in [3.63, 3.8) is 0 Å². The van der Waals surface area contributed by atoms with Gasteiger partial charge in [0.1, 0.15) is 0 Å². The summed E-state index contributed by atoms with van der Waals surface area (Å²) in [7, 11) is 0. The first-order valence-electron chi connectivity index (χ1n) is 8.51. The van der Waals surface area contributed by atoms with Gasteiger partial charge >= 0.3 is 5.97 Å². The van der Waals surface area contributed by atoms with Gasteiger partial charge in [-0.05, 0) is 37.1 Å². The van der Waals surface area contributed by atoms with E-state index in [0.29, 0.717) is 11.6 Å². The molecule has 1 amide bonds. The number of esters is 1. The highest BCUT2D eigenvalue weighted by atomic mass is 35.5.